The van der Waals surface area contributed by atoms with Crippen molar-refractivity contribution in [3.05, 3.63) is 109 Å². The summed E-state index contributed by atoms with van der Waals surface area (Å²) in [5, 5.41) is 54.7. The maximum absolute atomic E-state index is 13.1. The molecule has 1 saturated heterocycles. The molecule has 0 aromatic heterocycles. The van der Waals surface area contributed by atoms with Gasteiger partial charge in [-0.2, -0.15) is 0 Å². The lowest BCUT2D eigenvalue weighted by atomic mass is 9.99. The Morgan fingerprint density at radius 1 is 0.479 bits per heavy atom. The molecule has 0 aromatic carbocycles. The molecule has 9 nitrogen and oxygen atoms in total. The zero-order valence-electron chi connectivity index (χ0n) is 46.4. The molecule has 9 heteroatoms. The molecule has 1 rings (SSSR count). The van der Waals surface area contributed by atoms with E-state index in [2.05, 4.69) is 129 Å². The topological polar surface area (TPSA) is 149 Å². The highest BCUT2D eigenvalue weighted by atomic mass is 16.7. The third-order valence-corrected chi connectivity index (χ3v) is 13.4. The molecular formula is C64H109NO8. The zero-order valence-corrected chi connectivity index (χ0v) is 46.4. The van der Waals surface area contributed by atoms with Crippen LogP contribution < -0.4 is 5.32 Å². The first-order valence-corrected chi connectivity index (χ1v) is 29.6. The SMILES string of the molecule is CC/C=C\C/C=C\C/C=C\C/C=C\C/C=C\C/C=C\C/C=C\C/C=C\C/C=C\CCCCCC(=O)NC(COC1OC(CO)C(O)C(O)C1O)C(O)CCCCCCCCCCCCCCCCCCCCC. The van der Waals surface area contributed by atoms with E-state index in [0.717, 1.165) is 103 Å². The predicted molar refractivity (Wildman–Crippen MR) is 308 cm³/mol. The summed E-state index contributed by atoms with van der Waals surface area (Å²) in [5.41, 5.74) is 0. The van der Waals surface area contributed by atoms with Gasteiger partial charge < -0.3 is 40.3 Å². The summed E-state index contributed by atoms with van der Waals surface area (Å²) in [6.45, 7) is 3.71. The molecule has 7 unspecified atom stereocenters. The Kier molecular flexibility index (Phi) is 48.6. The summed E-state index contributed by atoms with van der Waals surface area (Å²) in [5.74, 6) is -0.179. The van der Waals surface area contributed by atoms with Crippen LogP contribution in [0.2, 0.25) is 0 Å². The van der Waals surface area contributed by atoms with Gasteiger partial charge in [0.1, 0.15) is 24.4 Å². The van der Waals surface area contributed by atoms with E-state index in [1.165, 1.54) is 103 Å². The van der Waals surface area contributed by atoms with Gasteiger partial charge in [0.15, 0.2) is 6.29 Å². The lowest BCUT2D eigenvalue weighted by Gasteiger charge is -2.40. The fourth-order valence-electron chi connectivity index (χ4n) is 8.74. The first-order chi connectivity index (χ1) is 35.8. The smallest absolute Gasteiger partial charge is 0.220 e. The van der Waals surface area contributed by atoms with Crippen LogP contribution in [0.15, 0.2) is 109 Å². The number of carbonyl (C=O) groups excluding carboxylic acids is 1. The molecule has 0 saturated carbocycles. The maximum Gasteiger partial charge on any atom is 0.220 e. The lowest BCUT2D eigenvalue weighted by Crippen LogP contribution is -2.60. The van der Waals surface area contributed by atoms with Crippen molar-refractivity contribution < 1.29 is 39.8 Å². The van der Waals surface area contributed by atoms with E-state index < -0.39 is 49.5 Å². The minimum absolute atomic E-state index is 0.158. The van der Waals surface area contributed by atoms with Crippen LogP contribution in [0, 0.1) is 0 Å². The van der Waals surface area contributed by atoms with Crippen LogP contribution in [-0.2, 0) is 14.3 Å². The summed E-state index contributed by atoms with van der Waals surface area (Å²) >= 11 is 0. The van der Waals surface area contributed by atoms with Gasteiger partial charge in [0.2, 0.25) is 5.91 Å². The van der Waals surface area contributed by atoms with Gasteiger partial charge in [-0.15, -0.1) is 0 Å². The van der Waals surface area contributed by atoms with Crippen molar-refractivity contribution in [3.63, 3.8) is 0 Å². The fourth-order valence-corrected chi connectivity index (χ4v) is 8.74. The van der Waals surface area contributed by atoms with Crippen molar-refractivity contribution in [2.75, 3.05) is 13.2 Å². The fraction of sp³-hybridized carbons (Fsp3) is 0.703. The number of hydrogen-bond donors (Lipinski definition) is 6. The minimum Gasteiger partial charge on any atom is -0.394 e. The molecule has 0 aromatic rings. The Morgan fingerprint density at radius 3 is 1.25 bits per heavy atom. The van der Waals surface area contributed by atoms with Crippen molar-refractivity contribution in [2.45, 2.75) is 275 Å². The van der Waals surface area contributed by atoms with E-state index in [9.17, 15) is 30.3 Å². The van der Waals surface area contributed by atoms with Gasteiger partial charge in [-0.25, -0.2) is 0 Å². The summed E-state index contributed by atoms with van der Waals surface area (Å²) in [7, 11) is 0. The Hall–Kier alpha value is -3.15. The summed E-state index contributed by atoms with van der Waals surface area (Å²) < 4.78 is 11.3. The molecule has 73 heavy (non-hydrogen) atoms. The van der Waals surface area contributed by atoms with Crippen molar-refractivity contribution >= 4 is 5.91 Å². The highest BCUT2D eigenvalue weighted by Crippen LogP contribution is 2.23. The number of unbranched alkanes of at least 4 members (excludes halogenated alkanes) is 21. The Balaban J connectivity index is 2.25. The molecule has 0 radical (unpaired) electrons. The van der Waals surface area contributed by atoms with E-state index in [4.69, 9.17) is 9.47 Å². The van der Waals surface area contributed by atoms with Crippen LogP contribution in [-0.4, -0.2) is 87.5 Å². The third-order valence-electron chi connectivity index (χ3n) is 13.4. The van der Waals surface area contributed by atoms with Crippen LogP contribution in [0.1, 0.15) is 232 Å². The molecule has 1 aliphatic heterocycles. The molecule has 7 atom stereocenters. The van der Waals surface area contributed by atoms with Gasteiger partial charge >= 0.3 is 0 Å². The van der Waals surface area contributed by atoms with Crippen molar-refractivity contribution in [2.24, 2.45) is 0 Å². The van der Waals surface area contributed by atoms with Crippen LogP contribution in [0.4, 0.5) is 0 Å². The quantitative estimate of drug-likeness (QED) is 0.0261. The van der Waals surface area contributed by atoms with E-state index >= 15 is 0 Å². The lowest BCUT2D eigenvalue weighted by molar-refractivity contribution is -0.302. The Bertz CT molecular complexity index is 1510. The molecule has 6 N–H and O–H groups in total. The number of nitrogens with one attached hydrogen (secondary N) is 1. The standard InChI is InChI=1S/C64H109NO8/c1-3-5-7-9-11-13-15-17-19-21-23-24-25-26-27-28-29-30-31-32-33-34-36-38-40-42-44-46-48-50-52-54-60(68)65-57(56-72-64-63(71)62(70)61(69)59(55-66)73-64)58(67)53-51-49-47-45-43-41-39-37-35-22-20-18-16-14-12-10-8-6-4-2/h5,7,11,13,17,19,23-24,26-27,29-30,32-33,36,38,42,44,57-59,61-64,66-67,69-71H,3-4,6,8-10,12,14-16,18,20-22,25,28,31,34-35,37,39-41,43,45-56H2,1-2H3,(H,65,68)/b7-5-,13-11-,19-17-,24-23-,27-26-,30-29-,33-32-,38-36-,44-42-. The minimum atomic E-state index is -1.57. The highest BCUT2D eigenvalue weighted by molar-refractivity contribution is 5.76. The zero-order chi connectivity index (χ0) is 52.9. The number of hydrogen-bond acceptors (Lipinski definition) is 8. The number of amides is 1. The molecule has 0 aliphatic carbocycles. The van der Waals surface area contributed by atoms with Crippen LogP contribution in [0.5, 0.6) is 0 Å². The number of rotatable bonds is 49. The number of allylic oxidation sites excluding steroid dienone is 18. The molecule has 1 fully saturated rings. The van der Waals surface area contributed by atoms with E-state index in [1.807, 2.05) is 0 Å². The summed E-state index contributed by atoms with van der Waals surface area (Å²) in [4.78, 5) is 13.1. The van der Waals surface area contributed by atoms with Crippen LogP contribution >= 0.6 is 0 Å². The van der Waals surface area contributed by atoms with Gasteiger partial charge in [-0.3, -0.25) is 4.79 Å². The van der Waals surface area contributed by atoms with Crippen LogP contribution in [0.25, 0.3) is 0 Å². The second kappa shape index (κ2) is 52.3. The van der Waals surface area contributed by atoms with Gasteiger partial charge in [0.05, 0.1) is 25.4 Å². The summed E-state index contributed by atoms with van der Waals surface area (Å²) in [6.07, 6.45) is 69.7. The monoisotopic (exact) mass is 1020 g/mol. The average Bonchev–Trinajstić information content (AvgIpc) is 3.39. The highest BCUT2D eigenvalue weighted by Gasteiger charge is 2.44. The number of ether oxygens (including phenoxy) is 2. The summed E-state index contributed by atoms with van der Waals surface area (Å²) in [6, 6.07) is -0.746. The van der Waals surface area contributed by atoms with Gasteiger partial charge in [-0.05, 0) is 83.5 Å². The second-order valence-electron chi connectivity index (χ2n) is 20.1. The average molecular weight is 1020 g/mol. The molecule has 1 amide bonds. The predicted octanol–water partition coefficient (Wildman–Crippen LogP) is 15.0. The first-order valence-electron chi connectivity index (χ1n) is 29.6. The molecule has 1 heterocycles. The number of carbonyl (C=O) groups is 1. The van der Waals surface area contributed by atoms with Gasteiger partial charge in [-0.1, -0.05) is 252 Å². The molecule has 0 bridgehead atoms. The largest absolute Gasteiger partial charge is 0.394 e. The van der Waals surface area contributed by atoms with Crippen LogP contribution in [0.3, 0.4) is 0 Å². The van der Waals surface area contributed by atoms with E-state index in [1.54, 1.807) is 0 Å². The number of aliphatic hydroxyl groups is 5. The second-order valence-corrected chi connectivity index (χ2v) is 20.1. The van der Waals surface area contributed by atoms with E-state index in [-0.39, 0.29) is 12.5 Å². The van der Waals surface area contributed by atoms with Crippen molar-refractivity contribution in [1.29, 1.82) is 0 Å². The first kappa shape index (κ1) is 67.9. The van der Waals surface area contributed by atoms with Gasteiger partial charge in [0.25, 0.3) is 0 Å². The third kappa shape index (κ3) is 41.7. The van der Waals surface area contributed by atoms with E-state index in [0.29, 0.717) is 12.8 Å². The molecule has 1 aliphatic rings. The number of aliphatic hydroxyl groups excluding tert-OH is 5. The van der Waals surface area contributed by atoms with Gasteiger partial charge in [0, 0.05) is 6.42 Å². The normalized spacial score (nSPS) is 19.9. The Labute approximate surface area is 446 Å². The molecular weight excluding hydrogens is 911 g/mol. The maximum atomic E-state index is 13.1. The molecule has 0 spiro atoms. The Morgan fingerprint density at radius 2 is 0.849 bits per heavy atom. The van der Waals surface area contributed by atoms with Crippen molar-refractivity contribution in [3.8, 4) is 0 Å². The molecule has 418 valence electrons. The van der Waals surface area contributed by atoms with Crippen molar-refractivity contribution in [1.82, 2.24) is 5.32 Å².